The molecule has 0 fully saturated rings. The second-order valence-electron chi connectivity index (χ2n) is 5.92. The van der Waals surface area contributed by atoms with Gasteiger partial charge in [0, 0.05) is 23.2 Å². The van der Waals surface area contributed by atoms with E-state index in [9.17, 15) is 0 Å². The molecule has 1 aliphatic carbocycles. The van der Waals surface area contributed by atoms with Crippen LogP contribution in [0.5, 0.6) is 0 Å². The minimum absolute atomic E-state index is 0.500. The highest BCUT2D eigenvalue weighted by Gasteiger charge is 2.27. The van der Waals surface area contributed by atoms with Crippen LogP contribution in [0.15, 0.2) is 24.3 Å². The van der Waals surface area contributed by atoms with Gasteiger partial charge in [-0.05, 0) is 50.8 Å². The molecule has 0 bridgehead atoms. The van der Waals surface area contributed by atoms with Crippen molar-refractivity contribution in [3.8, 4) is 0 Å². The Balaban J connectivity index is 1.74. The molecule has 1 atom stereocenters. The van der Waals surface area contributed by atoms with Gasteiger partial charge in [0.05, 0.1) is 5.69 Å². The van der Waals surface area contributed by atoms with Crippen LogP contribution in [0.3, 0.4) is 0 Å². The molecule has 0 radical (unpaired) electrons. The largest absolute Gasteiger partial charge is 0.318 e. The normalized spacial score (nSPS) is 21.0. The highest BCUT2D eigenvalue weighted by atomic mass is 32.1. The van der Waals surface area contributed by atoms with Gasteiger partial charge < -0.3 is 10.2 Å². The van der Waals surface area contributed by atoms with Crippen molar-refractivity contribution in [2.24, 2.45) is 0 Å². The summed E-state index contributed by atoms with van der Waals surface area (Å²) in [5.41, 5.74) is 4.14. The molecule has 0 saturated carbocycles. The van der Waals surface area contributed by atoms with E-state index in [1.165, 1.54) is 52.6 Å². The quantitative estimate of drug-likeness (QED) is 0.913. The van der Waals surface area contributed by atoms with Gasteiger partial charge in [-0.2, -0.15) is 0 Å². The van der Waals surface area contributed by atoms with E-state index in [2.05, 4.69) is 41.5 Å². The monoisotopic (exact) mass is 299 g/mol. The van der Waals surface area contributed by atoms with Crippen LogP contribution in [-0.4, -0.2) is 18.6 Å². The molecular formula is C17H21N3S. The van der Waals surface area contributed by atoms with Gasteiger partial charge in [0.15, 0.2) is 5.13 Å². The molecule has 0 amide bonds. The molecule has 0 saturated heterocycles. The Hall–Kier alpha value is -1.39. The number of benzene rings is 1. The molecule has 1 aromatic heterocycles. The van der Waals surface area contributed by atoms with E-state index in [0.717, 1.165) is 13.0 Å². The van der Waals surface area contributed by atoms with Crippen LogP contribution in [0.25, 0.3) is 0 Å². The van der Waals surface area contributed by atoms with Gasteiger partial charge in [0.25, 0.3) is 0 Å². The predicted octanol–water partition coefficient (Wildman–Crippen LogP) is 3.82. The number of nitrogens with one attached hydrogen (secondary N) is 1. The van der Waals surface area contributed by atoms with Crippen LogP contribution >= 0.6 is 11.3 Å². The Morgan fingerprint density at radius 1 is 1.24 bits per heavy atom. The van der Waals surface area contributed by atoms with Crippen LogP contribution in [0.4, 0.5) is 10.8 Å². The second kappa shape index (κ2) is 5.43. The van der Waals surface area contributed by atoms with Gasteiger partial charge >= 0.3 is 0 Å². The topological polar surface area (TPSA) is 28.2 Å². The second-order valence-corrected chi connectivity index (χ2v) is 6.93. The zero-order valence-electron chi connectivity index (χ0n) is 12.4. The van der Waals surface area contributed by atoms with Crippen molar-refractivity contribution in [3.63, 3.8) is 0 Å². The Labute approximate surface area is 130 Å². The van der Waals surface area contributed by atoms with E-state index < -0.39 is 0 Å². The fraction of sp³-hybridized carbons (Fsp3) is 0.471. The molecule has 2 aliphatic rings. The summed E-state index contributed by atoms with van der Waals surface area (Å²) >= 11 is 1.89. The van der Waals surface area contributed by atoms with E-state index in [1.807, 2.05) is 11.3 Å². The van der Waals surface area contributed by atoms with E-state index >= 15 is 0 Å². The lowest BCUT2D eigenvalue weighted by molar-refractivity contribution is 0.501. The number of hydrogen-bond acceptors (Lipinski definition) is 4. The molecular weight excluding hydrogens is 278 g/mol. The summed E-state index contributed by atoms with van der Waals surface area (Å²) in [5.74, 6) is 0. The lowest BCUT2D eigenvalue weighted by Gasteiger charge is -2.29. The number of hydrogen-bond donors (Lipinski definition) is 1. The molecule has 1 N–H and O–H groups in total. The number of aromatic nitrogens is 1. The Morgan fingerprint density at radius 2 is 2.14 bits per heavy atom. The van der Waals surface area contributed by atoms with Gasteiger partial charge in [-0.1, -0.05) is 29.5 Å². The van der Waals surface area contributed by atoms with E-state index in [0.29, 0.717) is 6.04 Å². The minimum Gasteiger partial charge on any atom is -0.318 e. The summed E-state index contributed by atoms with van der Waals surface area (Å²) in [6.45, 7) is 1.09. The van der Waals surface area contributed by atoms with Crippen molar-refractivity contribution >= 4 is 22.2 Å². The van der Waals surface area contributed by atoms with Crippen molar-refractivity contribution in [3.05, 3.63) is 40.4 Å². The van der Waals surface area contributed by atoms with Gasteiger partial charge in [0.1, 0.15) is 0 Å². The molecule has 1 unspecified atom stereocenters. The Kier molecular flexibility index (Phi) is 3.43. The smallest absolute Gasteiger partial charge is 0.190 e. The fourth-order valence-corrected chi connectivity index (χ4v) is 4.83. The van der Waals surface area contributed by atoms with Gasteiger partial charge in [0.2, 0.25) is 0 Å². The number of nitrogens with zero attached hydrogens (tertiary/aromatic N) is 2. The van der Waals surface area contributed by atoms with Crippen LogP contribution < -0.4 is 10.2 Å². The van der Waals surface area contributed by atoms with Gasteiger partial charge in [-0.25, -0.2) is 4.98 Å². The van der Waals surface area contributed by atoms with E-state index in [-0.39, 0.29) is 0 Å². The predicted molar refractivity (Wildman–Crippen MR) is 88.6 cm³/mol. The Morgan fingerprint density at radius 3 is 3.05 bits per heavy atom. The molecule has 4 rings (SSSR count). The lowest BCUT2D eigenvalue weighted by atomic mass is 9.98. The average molecular weight is 299 g/mol. The summed E-state index contributed by atoms with van der Waals surface area (Å²) in [6.07, 6.45) is 6.03. The van der Waals surface area contributed by atoms with Gasteiger partial charge in [-0.15, -0.1) is 0 Å². The summed E-state index contributed by atoms with van der Waals surface area (Å²) in [6, 6.07) is 9.28. The molecule has 4 heteroatoms. The van der Waals surface area contributed by atoms with Crippen molar-refractivity contribution in [1.82, 2.24) is 10.3 Å². The number of anilines is 2. The van der Waals surface area contributed by atoms with E-state index in [1.54, 1.807) is 0 Å². The first kappa shape index (κ1) is 13.3. The zero-order valence-corrected chi connectivity index (χ0v) is 13.2. The zero-order chi connectivity index (χ0) is 14.2. The highest BCUT2D eigenvalue weighted by molar-refractivity contribution is 7.15. The maximum atomic E-state index is 4.98. The van der Waals surface area contributed by atoms with Crippen molar-refractivity contribution < 1.29 is 0 Å². The maximum Gasteiger partial charge on any atom is 0.190 e. The number of rotatable bonds is 2. The van der Waals surface area contributed by atoms with E-state index in [4.69, 9.17) is 4.98 Å². The molecule has 110 valence electrons. The van der Waals surface area contributed by atoms with Crippen LogP contribution in [0, 0.1) is 0 Å². The first-order valence-corrected chi connectivity index (χ1v) is 8.71. The lowest BCUT2D eigenvalue weighted by Crippen LogP contribution is -2.24. The highest BCUT2D eigenvalue weighted by Crippen LogP contribution is 2.41. The Bertz CT molecular complexity index is 649. The summed E-state index contributed by atoms with van der Waals surface area (Å²) in [4.78, 5) is 8.86. The number of fused-ring (bicyclic) bond motifs is 2. The molecule has 3 nitrogen and oxygen atoms in total. The van der Waals surface area contributed by atoms with Gasteiger partial charge in [-0.3, -0.25) is 0 Å². The average Bonchev–Trinajstić information content (AvgIpc) is 2.98. The third kappa shape index (κ3) is 2.27. The van der Waals surface area contributed by atoms with Crippen LogP contribution in [0.1, 0.15) is 41.4 Å². The standard InChI is InChI=1S/C17H21N3S/c1-18-13-8-4-9-14-16(13)21-17(19-14)20-11-5-7-12-6-2-3-10-15(12)20/h2-3,6,10,13,18H,4-5,7-9,11H2,1H3. The number of aryl methyl sites for hydroxylation is 2. The molecule has 0 spiro atoms. The number of para-hydroxylation sites is 1. The van der Waals surface area contributed by atoms with Crippen LogP contribution in [-0.2, 0) is 12.8 Å². The SMILES string of the molecule is CNC1CCCc2nc(N3CCCc4ccccc43)sc21. The number of thiazole rings is 1. The first-order chi connectivity index (χ1) is 10.4. The third-order valence-corrected chi connectivity index (χ3v) is 5.86. The maximum absolute atomic E-state index is 4.98. The minimum atomic E-state index is 0.500. The summed E-state index contributed by atoms with van der Waals surface area (Å²) in [7, 11) is 2.06. The van der Waals surface area contributed by atoms with Crippen molar-refractivity contribution in [1.29, 1.82) is 0 Å². The summed E-state index contributed by atoms with van der Waals surface area (Å²) < 4.78 is 0. The molecule has 1 aliphatic heterocycles. The third-order valence-electron chi connectivity index (χ3n) is 4.63. The van der Waals surface area contributed by atoms with Crippen molar-refractivity contribution in [2.45, 2.75) is 38.1 Å². The molecule has 2 aromatic rings. The molecule has 2 heterocycles. The fourth-order valence-electron chi connectivity index (χ4n) is 3.53. The molecule has 21 heavy (non-hydrogen) atoms. The summed E-state index contributed by atoms with van der Waals surface area (Å²) in [5, 5.41) is 4.64. The van der Waals surface area contributed by atoms with Crippen LogP contribution in [0.2, 0.25) is 0 Å². The first-order valence-electron chi connectivity index (χ1n) is 7.89. The van der Waals surface area contributed by atoms with Crippen molar-refractivity contribution in [2.75, 3.05) is 18.5 Å². The molecule has 1 aromatic carbocycles.